The highest BCUT2D eigenvalue weighted by molar-refractivity contribution is 7.91. The zero-order valence-electron chi connectivity index (χ0n) is 13.3. The first-order chi connectivity index (χ1) is 12.6. The molecule has 0 heterocycles. The molecule has 0 unspecified atom stereocenters. The molecule has 0 radical (unpaired) electrons. The van der Waals surface area contributed by atoms with Crippen LogP contribution in [0.2, 0.25) is 0 Å². The summed E-state index contributed by atoms with van der Waals surface area (Å²) in [6, 6.07) is 4.53. The van der Waals surface area contributed by atoms with Gasteiger partial charge in [0.25, 0.3) is 0 Å². The van der Waals surface area contributed by atoms with Gasteiger partial charge in [0, 0.05) is 23.6 Å². The van der Waals surface area contributed by atoms with Crippen LogP contribution in [0.3, 0.4) is 0 Å². The van der Waals surface area contributed by atoms with Crippen molar-refractivity contribution in [2.45, 2.75) is 17.2 Å². The maximum absolute atomic E-state index is 13.9. The summed E-state index contributed by atoms with van der Waals surface area (Å²) in [6.07, 6.45) is -1.15. The number of benzene rings is 2. The summed E-state index contributed by atoms with van der Waals surface area (Å²) in [4.78, 5) is 11.1. The summed E-state index contributed by atoms with van der Waals surface area (Å²) in [5.74, 6) is -6.99. The highest BCUT2D eigenvalue weighted by Crippen LogP contribution is 2.43. The summed E-state index contributed by atoms with van der Waals surface area (Å²) < 4.78 is 83.1. The molecule has 0 amide bonds. The lowest BCUT2D eigenvalue weighted by molar-refractivity contribution is 0.0165. The molecule has 2 aromatic rings. The van der Waals surface area contributed by atoms with Crippen molar-refractivity contribution in [3.05, 3.63) is 52.8 Å². The number of sulfone groups is 1. The van der Waals surface area contributed by atoms with Crippen LogP contribution in [0.5, 0.6) is 11.5 Å². The van der Waals surface area contributed by atoms with E-state index in [2.05, 4.69) is 0 Å². The van der Waals surface area contributed by atoms with E-state index in [1.165, 1.54) is 0 Å². The van der Waals surface area contributed by atoms with Gasteiger partial charge in [-0.2, -0.15) is 14.0 Å². The lowest BCUT2D eigenvalue weighted by atomic mass is 10.1. The van der Waals surface area contributed by atoms with Gasteiger partial charge in [0.2, 0.25) is 15.6 Å². The Bertz CT molecular complexity index is 1110. The van der Waals surface area contributed by atoms with E-state index in [0.717, 1.165) is 30.3 Å². The molecular formula is C17H9F4NO4S. The van der Waals surface area contributed by atoms with Gasteiger partial charge in [-0.3, -0.25) is 4.79 Å². The number of carbonyl (C=O) groups is 1. The van der Waals surface area contributed by atoms with Gasteiger partial charge in [0.15, 0.2) is 6.01 Å². The number of fused-ring (bicyclic) bond motifs is 1. The summed E-state index contributed by atoms with van der Waals surface area (Å²) in [7, 11) is -4.59. The molecule has 1 aliphatic carbocycles. The van der Waals surface area contributed by atoms with Crippen LogP contribution in [-0.2, 0) is 16.3 Å². The molecule has 0 saturated heterocycles. The van der Waals surface area contributed by atoms with Crippen molar-refractivity contribution in [2.75, 3.05) is 6.01 Å². The average molecular weight is 399 g/mol. The van der Waals surface area contributed by atoms with Gasteiger partial charge in [-0.15, -0.1) is 0 Å². The second-order valence-electron chi connectivity index (χ2n) is 5.74. The maximum Gasteiger partial charge on any atom is 0.313 e. The van der Waals surface area contributed by atoms with Gasteiger partial charge < -0.3 is 4.74 Å². The average Bonchev–Trinajstić information content (AvgIpc) is 2.85. The third kappa shape index (κ3) is 3.26. The number of hydrogen-bond donors (Lipinski definition) is 0. The molecule has 0 N–H and O–H groups in total. The molecule has 5 nitrogen and oxygen atoms in total. The molecule has 10 heteroatoms. The monoisotopic (exact) mass is 399 g/mol. The predicted octanol–water partition coefficient (Wildman–Crippen LogP) is 3.56. The zero-order chi connectivity index (χ0) is 20.0. The number of Topliss-reactive ketones (excluding diaryl/α,β-unsaturated/α-hetero) is 1. The number of ketones is 1. The molecular weight excluding hydrogens is 390 g/mol. The first-order valence-electron chi connectivity index (χ1n) is 7.35. The van der Waals surface area contributed by atoms with E-state index < -0.39 is 55.8 Å². The fourth-order valence-electron chi connectivity index (χ4n) is 2.74. The number of alkyl halides is 3. The van der Waals surface area contributed by atoms with Crippen LogP contribution < -0.4 is 4.74 Å². The van der Waals surface area contributed by atoms with E-state index in [1.807, 2.05) is 0 Å². The van der Waals surface area contributed by atoms with Crippen molar-refractivity contribution in [3.63, 3.8) is 0 Å². The highest BCUT2D eigenvalue weighted by atomic mass is 32.2. The van der Waals surface area contributed by atoms with Crippen molar-refractivity contribution in [1.82, 2.24) is 0 Å². The molecule has 0 bridgehead atoms. The van der Waals surface area contributed by atoms with E-state index in [0.29, 0.717) is 0 Å². The van der Waals surface area contributed by atoms with Crippen LogP contribution in [0.4, 0.5) is 17.6 Å². The normalized spacial score (nSPS) is 15.3. The minimum absolute atomic E-state index is 0.0975. The molecule has 0 atom stereocenters. The van der Waals surface area contributed by atoms with Crippen molar-refractivity contribution >= 4 is 15.6 Å². The van der Waals surface area contributed by atoms with Crippen LogP contribution in [0.1, 0.15) is 21.5 Å². The van der Waals surface area contributed by atoms with E-state index >= 15 is 0 Å². The van der Waals surface area contributed by atoms with Crippen molar-refractivity contribution in [1.29, 1.82) is 5.26 Å². The molecule has 0 fully saturated rings. The van der Waals surface area contributed by atoms with Gasteiger partial charge in [0.05, 0.1) is 16.5 Å². The van der Waals surface area contributed by atoms with Crippen molar-refractivity contribution in [3.8, 4) is 17.6 Å². The topological polar surface area (TPSA) is 84.2 Å². The van der Waals surface area contributed by atoms with E-state index in [4.69, 9.17) is 10.00 Å². The standard InChI is InChI=1S/C17H9F4NO4S/c18-8-27(24,25)14-2-1-13(12-6-17(20,21)16(23)15(12)14)26-11-4-9(7-22)3-10(19)5-11/h1-5H,6,8H2. The molecule has 140 valence electrons. The molecule has 0 aliphatic heterocycles. The Morgan fingerprint density at radius 3 is 2.56 bits per heavy atom. The van der Waals surface area contributed by atoms with Crippen LogP contribution in [-0.4, -0.2) is 26.1 Å². The first-order valence-corrected chi connectivity index (χ1v) is 9.00. The highest BCUT2D eigenvalue weighted by Gasteiger charge is 2.50. The van der Waals surface area contributed by atoms with Gasteiger partial charge >= 0.3 is 5.92 Å². The minimum Gasteiger partial charge on any atom is -0.457 e. The Morgan fingerprint density at radius 1 is 1.22 bits per heavy atom. The van der Waals surface area contributed by atoms with E-state index in [1.54, 1.807) is 6.07 Å². The van der Waals surface area contributed by atoms with Crippen LogP contribution in [0, 0.1) is 17.1 Å². The van der Waals surface area contributed by atoms with Gasteiger partial charge in [-0.1, -0.05) is 0 Å². The number of nitriles is 1. The van der Waals surface area contributed by atoms with E-state index in [9.17, 15) is 30.8 Å². The second kappa shape index (κ2) is 6.35. The summed E-state index contributed by atoms with van der Waals surface area (Å²) >= 11 is 0. The lowest BCUT2D eigenvalue weighted by Crippen LogP contribution is -2.24. The van der Waals surface area contributed by atoms with Gasteiger partial charge in [-0.25, -0.2) is 17.2 Å². The number of hydrogen-bond acceptors (Lipinski definition) is 5. The summed E-state index contributed by atoms with van der Waals surface area (Å²) in [6.45, 7) is 0. The van der Waals surface area contributed by atoms with Crippen molar-refractivity contribution in [2.24, 2.45) is 0 Å². The number of nitrogens with zero attached hydrogens (tertiary/aromatic N) is 1. The largest absolute Gasteiger partial charge is 0.457 e. The Kier molecular flexibility index (Phi) is 4.43. The predicted molar refractivity (Wildman–Crippen MR) is 83.8 cm³/mol. The zero-order valence-corrected chi connectivity index (χ0v) is 14.1. The molecule has 3 rings (SSSR count). The number of halogens is 4. The molecule has 0 aromatic heterocycles. The first kappa shape index (κ1) is 18.8. The van der Waals surface area contributed by atoms with Gasteiger partial charge in [-0.05, 0) is 24.3 Å². The molecule has 0 saturated carbocycles. The molecule has 2 aromatic carbocycles. The van der Waals surface area contributed by atoms with Crippen LogP contribution in [0.15, 0.2) is 35.2 Å². The Hall–Kier alpha value is -2.93. The number of rotatable bonds is 4. The fourth-order valence-corrected chi connectivity index (χ4v) is 3.66. The number of carbonyl (C=O) groups excluding carboxylic acids is 1. The molecule has 0 spiro atoms. The van der Waals surface area contributed by atoms with Crippen LogP contribution in [0.25, 0.3) is 0 Å². The van der Waals surface area contributed by atoms with Gasteiger partial charge in [0.1, 0.15) is 17.3 Å². The SMILES string of the molecule is N#Cc1cc(F)cc(Oc2ccc(S(=O)(=O)CF)c3c2CC(F)(F)C3=O)c1. The van der Waals surface area contributed by atoms with E-state index in [-0.39, 0.29) is 17.1 Å². The Balaban J connectivity index is 2.17. The number of ether oxygens (including phenoxy) is 1. The lowest BCUT2D eigenvalue weighted by Gasteiger charge is -2.12. The molecule has 1 aliphatic rings. The quantitative estimate of drug-likeness (QED) is 0.734. The third-order valence-corrected chi connectivity index (χ3v) is 5.19. The second-order valence-corrected chi connectivity index (χ2v) is 7.63. The fraction of sp³-hybridized carbons (Fsp3) is 0.176. The maximum atomic E-state index is 13.9. The Labute approximate surface area is 150 Å². The third-order valence-electron chi connectivity index (χ3n) is 3.90. The Morgan fingerprint density at radius 2 is 1.93 bits per heavy atom. The summed E-state index contributed by atoms with van der Waals surface area (Å²) in [5.41, 5.74) is -1.37. The minimum atomic E-state index is -4.59. The van der Waals surface area contributed by atoms with Crippen LogP contribution >= 0.6 is 0 Å². The van der Waals surface area contributed by atoms with Crippen molar-refractivity contribution < 1.29 is 35.5 Å². The summed E-state index contributed by atoms with van der Waals surface area (Å²) in [5, 5.41) is 8.85. The smallest absolute Gasteiger partial charge is 0.313 e. The molecule has 27 heavy (non-hydrogen) atoms.